The van der Waals surface area contributed by atoms with Crippen LogP contribution in [0.15, 0.2) is 39.9 Å². The number of hydrogen-bond donors (Lipinski definition) is 1. The minimum atomic E-state index is -0.339. The zero-order valence-electron chi connectivity index (χ0n) is 9.86. The van der Waals surface area contributed by atoms with E-state index >= 15 is 0 Å². The maximum absolute atomic E-state index is 11.2. The van der Waals surface area contributed by atoms with E-state index in [9.17, 15) is 9.90 Å². The molecule has 1 aromatic rings. The van der Waals surface area contributed by atoms with Crippen LogP contribution in [0.1, 0.15) is 19.4 Å². The van der Waals surface area contributed by atoms with Crippen molar-refractivity contribution < 1.29 is 9.90 Å². The van der Waals surface area contributed by atoms with Gasteiger partial charge in [0.25, 0.3) is 0 Å². The Labute approximate surface area is 105 Å². The molecule has 0 saturated heterocycles. The third-order valence-corrected chi connectivity index (χ3v) is 2.58. The molecule has 0 fully saturated rings. The lowest BCUT2D eigenvalue weighted by atomic mass is 10.2. The number of Topliss-reactive ketones (excluding diaryl/α,β-unsaturated/α-hetero) is 1. The summed E-state index contributed by atoms with van der Waals surface area (Å²) in [6.07, 6.45) is 0. The highest BCUT2D eigenvalue weighted by Gasteiger charge is 2.07. The fourth-order valence-electron chi connectivity index (χ4n) is 1.21. The smallest absolute Gasteiger partial charge is 0.183 e. The summed E-state index contributed by atoms with van der Waals surface area (Å²) in [4.78, 5) is 11.2. The average molecular weight is 253 g/mol. The summed E-state index contributed by atoms with van der Waals surface area (Å²) in [5, 5.41) is 17.5. The number of halogens is 1. The number of carbonyl (C=O) groups excluding carboxylic acids is 1. The minimum Gasteiger partial charge on any atom is -0.510 e. The summed E-state index contributed by atoms with van der Waals surface area (Å²) in [7, 11) is 0. The second kappa shape index (κ2) is 5.59. The fourth-order valence-corrected chi connectivity index (χ4v) is 1.38. The molecule has 0 unspecified atom stereocenters. The molecular weight excluding hydrogens is 240 g/mol. The fraction of sp³-hybridized carbons (Fsp3) is 0.250. The lowest BCUT2D eigenvalue weighted by Gasteiger charge is -2.01. The van der Waals surface area contributed by atoms with Crippen LogP contribution in [0.5, 0.6) is 0 Å². The van der Waals surface area contributed by atoms with Crippen LogP contribution in [-0.2, 0) is 4.79 Å². The van der Waals surface area contributed by atoms with E-state index in [2.05, 4.69) is 10.2 Å². The second-order valence-electron chi connectivity index (χ2n) is 3.57. The van der Waals surface area contributed by atoms with Gasteiger partial charge in [0.1, 0.15) is 5.76 Å². The highest BCUT2D eigenvalue weighted by molar-refractivity contribution is 6.31. The molecule has 1 N–H and O–H groups in total. The molecule has 5 heteroatoms. The Morgan fingerprint density at radius 1 is 1.35 bits per heavy atom. The van der Waals surface area contributed by atoms with Crippen LogP contribution in [0.3, 0.4) is 0 Å². The van der Waals surface area contributed by atoms with E-state index < -0.39 is 0 Å². The Morgan fingerprint density at radius 2 is 2.00 bits per heavy atom. The molecule has 0 aromatic heterocycles. The molecule has 90 valence electrons. The summed E-state index contributed by atoms with van der Waals surface area (Å²) < 4.78 is 0. The highest BCUT2D eigenvalue weighted by atomic mass is 35.5. The number of carbonyl (C=O) groups is 1. The highest BCUT2D eigenvalue weighted by Crippen LogP contribution is 2.26. The second-order valence-corrected chi connectivity index (χ2v) is 3.98. The zero-order valence-corrected chi connectivity index (χ0v) is 10.6. The first-order valence-corrected chi connectivity index (χ1v) is 5.39. The maximum Gasteiger partial charge on any atom is 0.183 e. The predicted octanol–water partition coefficient (Wildman–Crippen LogP) is 4.11. The van der Waals surface area contributed by atoms with E-state index in [1.165, 1.54) is 13.8 Å². The number of allylic oxidation sites excluding steroid dienone is 2. The van der Waals surface area contributed by atoms with Gasteiger partial charge < -0.3 is 5.11 Å². The molecule has 0 heterocycles. The van der Waals surface area contributed by atoms with Crippen LogP contribution in [-0.4, -0.2) is 10.9 Å². The largest absolute Gasteiger partial charge is 0.510 e. The van der Waals surface area contributed by atoms with Crippen molar-refractivity contribution in [2.45, 2.75) is 20.8 Å². The molecule has 0 aliphatic heterocycles. The van der Waals surface area contributed by atoms with Gasteiger partial charge in [-0.1, -0.05) is 17.7 Å². The maximum atomic E-state index is 11.2. The monoisotopic (exact) mass is 252 g/mol. The van der Waals surface area contributed by atoms with Gasteiger partial charge in [0, 0.05) is 11.9 Å². The van der Waals surface area contributed by atoms with Crippen molar-refractivity contribution in [3.05, 3.63) is 40.2 Å². The van der Waals surface area contributed by atoms with Gasteiger partial charge in [-0.25, -0.2) is 0 Å². The van der Waals surface area contributed by atoms with E-state index in [-0.39, 0.29) is 17.2 Å². The number of azo groups is 1. The Balaban J connectivity index is 3.10. The van der Waals surface area contributed by atoms with E-state index in [0.29, 0.717) is 10.7 Å². The molecule has 0 radical (unpaired) electrons. The van der Waals surface area contributed by atoms with E-state index in [1.807, 2.05) is 0 Å². The molecule has 0 bridgehead atoms. The standard InChI is InChI=1S/C12H13ClN2O2/c1-7-10(13)5-4-6-11(7)14-15-12(8(2)16)9(3)17/h4-6,16H,1-3H3/b12-8-,15-14?. The molecule has 0 amide bonds. The number of ketones is 1. The van der Waals surface area contributed by atoms with Crippen LogP contribution in [0.2, 0.25) is 5.02 Å². The third-order valence-electron chi connectivity index (χ3n) is 2.17. The molecule has 0 aliphatic rings. The number of benzene rings is 1. The molecule has 17 heavy (non-hydrogen) atoms. The Bertz CT molecular complexity index is 503. The summed E-state index contributed by atoms with van der Waals surface area (Å²) in [6.45, 7) is 4.51. The van der Waals surface area contributed by atoms with Crippen molar-refractivity contribution in [1.82, 2.24) is 0 Å². The summed E-state index contributed by atoms with van der Waals surface area (Å²) >= 11 is 5.92. The quantitative estimate of drug-likeness (QED) is 0.500. The Hall–Kier alpha value is -1.68. The van der Waals surface area contributed by atoms with Gasteiger partial charge in [0.05, 0.1) is 5.69 Å². The average Bonchev–Trinajstić information content (AvgIpc) is 2.23. The molecule has 1 rings (SSSR count). The van der Waals surface area contributed by atoms with Gasteiger partial charge in [-0.2, -0.15) is 0 Å². The van der Waals surface area contributed by atoms with Crippen molar-refractivity contribution in [3.63, 3.8) is 0 Å². The Morgan fingerprint density at radius 3 is 2.53 bits per heavy atom. The molecule has 0 atom stereocenters. The lowest BCUT2D eigenvalue weighted by Crippen LogP contribution is -1.96. The van der Waals surface area contributed by atoms with Crippen LogP contribution >= 0.6 is 11.6 Å². The molecular formula is C12H13ClN2O2. The molecule has 0 aliphatic carbocycles. The number of hydrogen-bond acceptors (Lipinski definition) is 4. The van der Waals surface area contributed by atoms with Crippen LogP contribution in [0.4, 0.5) is 5.69 Å². The molecule has 1 aromatic carbocycles. The van der Waals surface area contributed by atoms with Crippen molar-refractivity contribution in [2.75, 3.05) is 0 Å². The van der Waals surface area contributed by atoms with E-state index in [4.69, 9.17) is 11.6 Å². The number of aliphatic hydroxyl groups excluding tert-OH is 1. The summed E-state index contributed by atoms with van der Waals surface area (Å²) in [5.74, 6) is -0.491. The normalized spacial score (nSPS) is 12.7. The van der Waals surface area contributed by atoms with Gasteiger partial charge in [0.15, 0.2) is 11.5 Å². The molecule has 0 spiro atoms. The van der Waals surface area contributed by atoms with Crippen molar-refractivity contribution in [2.24, 2.45) is 10.2 Å². The SMILES string of the molecule is CC(=O)/C(N=Nc1cccc(Cl)c1C)=C(\C)O. The first-order chi connectivity index (χ1) is 7.93. The molecule has 0 saturated carbocycles. The van der Waals surface area contributed by atoms with Gasteiger partial charge in [-0.15, -0.1) is 10.2 Å². The summed E-state index contributed by atoms with van der Waals surface area (Å²) in [6, 6.07) is 5.22. The van der Waals surface area contributed by atoms with Gasteiger partial charge in [-0.05, 0) is 31.5 Å². The van der Waals surface area contributed by atoms with Crippen LogP contribution in [0.25, 0.3) is 0 Å². The van der Waals surface area contributed by atoms with E-state index in [0.717, 1.165) is 5.56 Å². The zero-order chi connectivity index (χ0) is 13.0. The van der Waals surface area contributed by atoms with Crippen molar-refractivity contribution in [1.29, 1.82) is 0 Å². The van der Waals surface area contributed by atoms with Crippen molar-refractivity contribution in [3.8, 4) is 0 Å². The van der Waals surface area contributed by atoms with Gasteiger partial charge in [-0.3, -0.25) is 4.79 Å². The van der Waals surface area contributed by atoms with E-state index in [1.54, 1.807) is 25.1 Å². The van der Waals surface area contributed by atoms with Gasteiger partial charge in [0.2, 0.25) is 0 Å². The first-order valence-electron chi connectivity index (χ1n) is 5.01. The first kappa shape index (κ1) is 13.4. The molecule has 4 nitrogen and oxygen atoms in total. The number of aliphatic hydroxyl groups is 1. The Kier molecular flexibility index (Phi) is 4.40. The topological polar surface area (TPSA) is 62.0 Å². The number of nitrogens with zero attached hydrogens (tertiary/aromatic N) is 2. The third kappa shape index (κ3) is 3.39. The van der Waals surface area contributed by atoms with Gasteiger partial charge >= 0.3 is 0 Å². The lowest BCUT2D eigenvalue weighted by molar-refractivity contribution is -0.113. The predicted molar refractivity (Wildman–Crippen MR) is 66.7 cm³/mol. The van der Waals surface area contributed by atoms with Crippen LogP contribution in [0, 0.1) is 6.92 Å². The minimum absolute atomic E-state index is 0.0515. The summed E-state index contributed by atoms with van der Waals surface area (Å²) in [5.41, 5.74) is 1.29. The van der Waals surface area contributed by atoms with Crippen molar-refractivity contribution >= 4 is 23.1 Å². The number of rotatable bonds is 3. The van der Waals surface area contributed by atoms with Crippen LogP contribution < -0.4 is 0 Å².